The van der Waals surface area contributed by atoms with E-state index in [1.165, 1.54) is 6.33 Å². The summed E-state index contributed by atoms with van der Waals surface area (Å²) >= 11 is 6.09. The maximum absolute atomic E-state index is 13.7. The summed E-state index contributed by atoms with van der Waals surface area (Å²) in [6, 6.07) is 7.85. The molecule has 0 bridgehead atoms. The minimum absolute atomic E-state index is 0.00852. The molecule has 182 valence electrons. The van der Waals surface area contributed by atoms with E-state index in [9.17, 15) is 9.59 Å². The molecule has 0 radical (unpaired) electrons. The van der Waals surface area contributed by atoms with Gasteiger partial charge in [0.1, 0.15) is 18.0 Å². The van der Waals surface area contributed by atoms with Gasteiger partial charge in [0.15, 0.2) is 0 Å². The highest BCUT2D eigenvalue weighted by atomic mass is 35.5. The quantitative estimate of drug-likeness (QED) is 0.653. The molecule has 2 aliphatic rings. The van der Waals surface area contributed by atoms with Crippen LogP contribution in [0.2, 0.25) is 5.02 Å². The van der Waals surface area contributed by atoms with E-state index in [1.54, 1.807) is 0 Å². The highest BCUT2D eigenvalue weighted by Gasteiger charge is 2.35. The van der Waals surface area contributed by atoms with Crippen LogP contribution >= 0.6 is 11.6 Å². The summed E-state index contributed by atoms with van der Waals surface area (Å²) in [4.78, 5) is 38.7. The number of carbonyl (C=O) groups is 2. The van der Waals surface area contributed by atoms with E-state index < -0.39 is 0 Å². The number of nitrogens with one attached hydrogen (secondary N) is 2. The van der Waals surface area contributed by atoms with Crippen molar-refractivity contribution >= 4 is 35.1 Å². The van der Waals surface area contributed by atoms with Gasteiger partial charge in [-0.05, 0) is 30.5 Å². The minimum atomic E-state index is -0.282. The molecule has 9 heteroatoms. The lowest BCUT2D eigenvalue weighted by Gasteiger charge is -2.43. The van der Waals surface area contributed by atoms with Gasteiger partial charge < -0.3 is 20.4 Å². The Balaban J connectivity index is 1.52. The third kappa shape index (κ3) is 5.18. The summed E-state index contributed by atoms with van der Waals surface area (Å²) in [5.41, 5.74) is 1.95. The largest absolute Gasteiger partial charge is 0.352 e. The van der Waals surface area contributed by atoms with Crippen LogP contribution in [0.15, 0.2) is 30.6 Å². The fourth-order valence-corrected chi connectivity index (χ4v) is 4.95. The number of halogens is 1. The number of carbonyl (C=O) groups excluding carboxylic acids is 2. The Morgan fingerprint density at radius 1 is 1.21 bits per heavy atom. The Kier molecular flexibility index (Phi) is 7.38. The molecule has 2 amide bonds. The highest BCUT2D eigenvalue weighted by Crippen LogP contribution is 2.37. The van der Waals surface area contributed by atoms with Crippen LogP contribution in [-0.4, -0.2) is 64.9 Å². The maximum atomic E-state index is 13.7. The zero-order valence-corrected chi connectivity index (χ0v) is 21.0. The molecule has 34 heavy (non-hydrogen) atoms. The van der Waals surface area contributed by atoms with Crippen molar-refractivity contribution in [3.8, 4) is 0 Å². The predicted octanol–water partition coefficient (Wildman–Crippen LogP) is 3.39. The Morgan fingerprint density at radius 3 is 2.62 bits per heavy atom. The van der Waals surface area contributed by atoms with Gasteiger partial charge in [-0.2, -0.15) is 0 Å². The Hall–Kier alpha value is -2.71. The number of hydrogen-bond donors (Lipinski definition) is 2. The van der Waals surface area contributed by atoms with E-state index in [0.717, 1.165) is 16.9 Å². The second-order valence-corrected chi connectivity index (χ2v) is 10.0. The van der Waals surface area contributed by atoms with Crippen molar-refractivity contribution in [1.82, 2.24) is 20.2 Å². The van der Waals surface area contributed by atoms with Crippen LogP contribution in [0, 0.1) is 0 Å². The molecule has 1 aromatic heterocycles. The molecule has 8 nitrogen and oxygen atoms in total. The lowest BCUT2D eigenvalue weighted by Crippen LogP contribution is -2.56. The number of nitrogens with zero attached hydrogens (tertiary/aromatic N) is 4. The van der Waals surface area contributed by atoms with E-state index in [1.807, 2.05) is 36.1 Å². The third-order valence-electron chi connectivity index (χ3n) is 6.62. The number of aromatic nitrogens is 2. The van der Waals surface area contributed by atoms with Crippen LogP contribution in [0.25, 0.3) is 0 Å². The second-order valence-electron chi connectivity index (χ2n) is 9.61. The zero-order valence-electron chi connectivity index (χ0n) is 20.2. The van der Waals surface area contributed by atoms with Crippen LogP contribution < -0.4 is 15.5 Å². The number of fused-ring (bicyclic) bond motifs is 1. The van der Waals surface area contributed by atoms with Crippen LogP contribution in [-0.2, 0) is 9.59 Å². The van der Waals surface area contributed by atoms with Gasteiger partial charge in [0.05, 0.1) is 5.92 Å². The molecular formula is C25H33ClN6O2. The molecule has 0 aliphatic carbocycles. The van der Waals surface area contributed by atoms with Gasteiger partial charge in [0, 0.05) is 55.3 Å². The van der Waals surface area contributed by atoms with Gasteiger partial charge in [-0.25, -0.2) is 9.97 Å². The van der Waals surface area contributed by atoms with Crippen LogP contribution in [0.1, 0.15) is 57.1 Å². The van der Waals surface area contributed by atoms with E-state index in [-0.39, 0.29) is 35.7 Å². The summed E-state index contributed by atoms with van der Waals surface area (Å²) in [5.74, 6) is 1.32. The number of benzene rings is 1. The lowest BCUT2D eigenvalue weighted by atomic mass is 9.93. The smallest absolute Gasteiger partial charge is 0.231 e. The summed E-state index contributed by atoms with van der Waals surface area (Å²) in [6.07, 6.45) is 1.93. The first kappa shape index (κ1) is 24.4. The highest BCUT2D eigenvalue weighted by molar-refractivity contribution is 6.30. The molecule has 0 saturated carbocycles. The SMILES string of the molecule is CC(C)NC[C@@H](C(=O)N1CCN(c2ncnc3c2C(C)CC(=O)N3)C[C@H]1C)c1ccc(Cl)cc1. The fourth-order valence-electron chi connectivity index (χ4n) is 4.83. The number of rotatable bonds is 6. The summed E-state index contributed by atoms with van der Waals surface area (Å²) < 4.78 is 0. The van der Waals surface area contributed by atoms with Gasteiger partial charge in [-0.15, -0.1) is 0 Å². The molecular weight excluding hydrogens is 452 g/mol. The molecule has 3 atom stereocenters. The van der Waals surface area contributed by atoms with Crippen molar-refractivity contribution in [2.75, 3.05) is 36.4 Å². The van der Waals surface area contributed by atoms with Crippen molar-refractivity contribution in [2.24, 2.45) is 0 Å². The molecule has 0 spiro atoms. The Morgan fingerprint density at radius 2 is 1.94 bits per heavy atom. The monoisotopic (exact) mass is 484 g/mol. The third-order valence-corrected chi connectivity index (χ3v) is 6.87. The summed E-state index contributed by atoms with van der Waals surface area (Å²) in [6.45, 7) is 10.8. The van der Waals surface area contributed by atoms with Crippen molar-refractivity contribution in [1.29, 1.82) is 0 Å². The van der Waals surface area contributed by atoms with Gasteiger partial charge in [0.25, 0.3) is 0 Å². The normalized spacial score (nSPS) is 21.3. The number of anilines is 2. The molecule has 3 heterocycles. The molecule has 1 aromatic carbocycles. The van der Waals surface area contributed by atoms with Crippen LogP contribution in [0.3, 0.4) is 0 Å². The Bertz CT molecular complexity index is 1040. The first-order chi connectivity index (χ1) is 16.2. The zero-order chi connectivity index (χ0) is 24.4. The van der Waals surface area contributed by atoms with Crippen LogP contribution in [0.5, 0.6) is 0 Å². The minimum Gasteiger partial charge on any atom is -0.352 e. The number of piperazine rings is 1. The Labute approximate surface area is 206 Å². The molecule has 2 aliphatic heterocycles. The topological polar surface area (TPSA) is 90.5 Å². The number of hydrogen-bond acceptors (Lipinski definition) is 6. The van der Waals surface area contributed by atoms with E-state index in [4.69, 9.17) is 11.6 Å². The van der Waals surface area contributed by atoms with Crippen molar-refractivity contribution in [2.45, 2.75) is 58.0 Å². The average molecular weight is 485 g/mol. The second kappa shape index (κ2) is 10.3. The first-order valence-corrected chi connectivity index (χ1v) is 12.3. The molecule has 2 N–H and O–H groups in total. The first-order valence-electron chi connectivity index (χ1n) is 11.9. The van der Waals surface area contributed by atoms with E-state index >= 15 is 0 Å². The van der Waals surface area contributed by atoms with E-state index in [2.05, 4.69) is 46.3 Å². The summed E-state index contributed by atoms with van der Waals surface area (Å²) in [7, 11) is 0. The lowest BCUT2D eigenvalue weighted by molar-refractivity contribution is -0.135. The van der Waals surface area contributed by atoms with Gasteiger partial charge in [-0.1, -0.05) is 44.5 Å². The molecule has 2 aromatic rings. The van der Waals surface area contributed by atoms with Crippen LogP contribution in [0.4, 0.5) is 11.6 Å². The molecule has 1 unspecified atom stereocenters. The van der Waals surface area contributed by atoms with Gasteiger partial charge in [-0.3, -0.25) is 9.59 Å². The number of amides is 2. The van der Waals surface area contributed by atoms with E-state index in [0.29, 0.717) is 43.4 Å². The average Bonchev–Trinajstić information content (AvgIpc) is 2.79. The fraction of sp³-hybridized carbons (Fsp3) is 0.520. The summed E-state index contributed by atoms with van der Waals surface area (Å²) in [5, 5.41) is 6.96. The molecule has 4 rings (SSSR count). The maximum Gasteiger partial charge on any atom is 0.231 e. The molecule has 1 fully saturated rings. The van der Waals surface area contributed by atoms with Crippen molar-refractivity contribution in [3.63, 3.8) is 0 Å². The predicted molar refractivity (Wildman–Crippen MR) is 134 cm³/mol. The van der Waals surface area contributed by atoms with Crippen molar-refractivity contribution in [3.05, 3.63) is 46.7 Å². The van der Waals surface area contributed by atoms with Crippen molar-refractivity contribution < 1.29 is 9.59 Å². The van der Waals surface area contributed by atoms with Gasteiger partial charge >= 0.3 is 0 Å². The molecule has 1 saturated heterocycles. The standard InChI is InChI=1S/C25H33ClN6O2/c1-15(2)27-12-20(18-5-7-19(26)8-6-18)25(34)32-10-9-31(13-17(32)4)24-22-16(3)11-21(33)30-23(22)28-14-29-24/h5-8,14-17,20,27H,9-13H2,1-4H3,(H,28,29,30,33)/t16?,17-,20-/m1/s1. The van der Waals surface area contributed by atoms with Gasteiger partial charge in [0.2, 0.25) is 11.8 Å².